The zero-order valence-corrected chi connectivity index (χ0v) is 17.2. The highest BCUT2D eigenvalue weighted by molar-refractivity contribution is 9.10. The summed E-state index contributed by atoms with van der Waals surface area (Å²) < 4.78 is 1.06. The van der Waals surface area contributed by atoms with Gasteiger partial charge in [0.2, 0.25) is 0 Å². The molecule has 0 atom stereocenters. The highest BCUT2D eigenvalue weighted by atomic mass is 79.9. The third kappa shape index (κ3) is 6.60. The van der Waals surface area contributed by atoms with Crippen molar-refractivity contribution in [3.8, 4) is 5.75 Å². The summed E-state index contributed by atoms with van der Waals surface area (Å²) in [6, 6.07) is 14.3. The SMILES string of the molecule is CCNC(=NCCNC(=O)c1ccc(O)cc1)N(C)Cc1ccccc1Br. The standard InChI is InChI=1S/C20H25BrN4O2/c1-3-22-20(25(2)14-16-6-4-5-7-18(16)21)24-13-12-23-19(27)15-8-10-17(26)11-9-15/h4-11,26H,3,12-14H2,1-2H3,(H,22,24)(H,23,27). The van der Waals surface area contributed by atoms with E-state index in [0.717, 1.165) is 17.0 Å². The number of aromatic hydroxyl groups is 1. The molecular weight excluding hydrogens is 408 g/mol. The number of nitrogens with zero attached hydrogens (tertiary/aromatic N) is 2. The molecule has 0 fully saturated rings. The fraction of sp³-hybridized carbons (Fsp3) is 0.300. The molecule has 6 nitrogen and oxygen atoms in total. The zero-order valence-electron chi connectivity index (χ0n) is 15.6. The number of nitrogens with one attached hydrogen (secondary N) is 2. The lowest BCUT2D eigenvalue weighted by atomic mass is 10.2. The summed E-state index contributed by atoms with van der Waals surface area (Å²) in [7, 11) is 1.98. The summed E-state index contributed by atoms with van der Waals surface area (Å²) >= 11 is 3.57. The third-order valence-electron chi connectivity index (χ3n) is 3.85. The molecule has 0 aliphatic carbocycles. The lowest BCUT2D eigenvalue weighted by Crippen LogP contribution is -2.39. The normalized spacial score (nSPS) is 11.1. The van der Waals surface area contributed by atoms with Gasteiger partial charge in [0.15, 0.2) is 5.96 Å². The van der Waals surface area contributed by atoms with Crippen molar-refractivity contribution in [2.45, 2.75) is 13.5 Å². The van der Waals surface area contributed by atoms with Crippen LogP contribution < -0.4 is 10.6 Å². The number of hydrogen-bond donors (Lipinski definition) is 3. The smallest absolute Gasteiger partial charge is 0.251 e. The van der Waals surface area contributed by atoms with Gasteiger partial charge in [-0.2, -0.15) is 0 Å². The first-order valence-electron chi connectivity index (χ1n) is 8.81. The summed E-state index contributed by atoms with van der Waals surface area (Å²) in [5, 5.41) is 15.4. The van der Waals surface area contributed by atoms with Gasteiger partial charge in [-0.3, -0.25) is 9.79 Å². The van der Waals surface area contributed by atoms with Crippen molar-refractivity contribution in [2.75, 3.05) is 26.7 Å². The van der Waals surface area contributed by atoms with Crippen molar-refractivity contribution in [1.82, 2.24) is 15.5 Å². The summed E-state index contributed by atoms with van der Waals surface area (Å²) in [4.78, 5) is 18.7. The van der Waals surface area contributed by atoms with Gasteiger partial charge in [-0.05, 0) is 42.8 Å². The Morgan fingerprint density at radius 1 is 1.15 bits per heavy atom. The first-order chi connectivity index (χ1) is 13.0. The number of phenolic OH excluding ortho intramolecular Hbond substituents is 1. The largest absolute Gasteiger partial charge is 0.508 e. The summed E-state index contributed by atoms with van der Waals surface area (Å²) in [6.07, 6.45) is 0. The Morgan fingerprint density at radius 2 is 1.85 bits per heavy atom. The number of amides is 1. The minimum atomic E-state index is -0.184. The Labute approximate surface area is 168 Å². The van der Waals surface area contributed by atoms with Crippen LogP contribution in [0.15, 0.2) is 58.0 Å². The second-order valence-electron chi connectivity index (χ2n) is 5.99. The predicted molar refractivity (Wildman–Crippen MR) is 112 cm³/mol. The van der Waals surface area contributed by atoms with Gasteiger partial charge < -0.3 is 20.6 Å². The van der Waals surface area contributed by atoms with E-state index in [9.17, 15) is 9.90 Å². The molecule has 2 aromatic carbocycles. The maximum atomic E-state index is 12.1. The van der Waals surface area contributed by atoms with Crippen molar-refractivity contribution >= 4 is 27.8 Å². The van der Waals surface area contributed by atoms with Crippen LogP contribution in [-0.4, -0.2) is 48.6 Å². The minimum Gasteiger partial charge on any atom is -0.508 e. The van der Waals surface area contributed by atoms with Crippen LogP contribution in [0.4, 0.5) is 0 Å². The van der Waals surface area contributed by atoms with Crippen molar-refractivity contribution < 1.29 is 9.90 Å². The molecule has 0 aliphatic rings. The fourth-order valence-corrected chi connectivity index (χ4v) is 2.88. The van der Waals surface area contributed by atoms with Crippen LogP contribution in [-0.2, 0) is 6.54 Å². The van der Waals surface area contributed by atoms with Crippen molar-refractivity contribution in [3.05, 3.63) is 64.1 Å². The summed E-state index contributed by atoms with van der Waals surface area (Å²) in [5.41, 5.74) is 1.68. The lowest BCUT2D eigenvalue weighted by Gasteiger charge is -2.22. The number of phenols is 1. The van der Waals surface area contributed by atoms with Gasteiger partial charge >= 0.3 is 0 Å². The number of carbonyl (C=O) groups is 1. The molecule has 0 radical (unpaired) electrons. The van der Waals surface area contributed by atoms with Gasteiger partial charge in [0.05, 0.1) is 6.54 Å². The molecule has 144 valence electrons. The molecule has 1 amide bonds. The summed E-state index contributed by atoms with van der Waals surface area (Å²) in [5.74, 6) is 0.739. The fourth-order valence-electron chi connectivity index (χ4n) is 2.47. The van der Waals surface area contributed by atoms with E-state index in [1.165, 1.54) is 17.7 Å². The molecule has 0 saturated carbocycles. The minimum absolute atomic E-state index is 0.138. The van der Waals surface area contributed by atoms with E-state index in [-0.39, 0.29) is 11.7 Å². The van der Waals surface area contributed by atoms with Gasteiger partial charge in [-0.15, -0.1) is 0 Å². The number of guanidine groups is 1. The van der Waals surface area contributed by atoms with E-state index in [0.29, 0.717) is 25.2 Å². The Hall–Kier alpha value is -2.54. The molecule has 0 aliphatic heterocycles. The van der Waals surface area contributed by atoms with Crippen LogP contribution in [0.1, 0.15) is 22.8 Å². The Bertz CT molecular complexity index is 778. The second kappa shape index (κ2) is 10.6. The summed E-state index contributed by atoms with van der Waals surface area (Å²) in [6.45, 7) is 4.39. The number of rotatable bonds is 7. The van der Waals surface area contributed by atoms with E-state index in [1.54, 1.807) is 12.1 Å². The molecule has 0 heterocycles. The lowest BCUT2D eigenvalue weighted by molar-refractivity contribution is 0.0955. The molecule has 2 aromatic rings. The second-order valence-corrected chi connectivity index (χ2v) is 6.84. The molecule has 2 rings (SSSR count). The van der Waals surface area contributed by atoms with Gasteiger partial charge in [-0.25, -0.2) is 0 Å². The van der Waals surface area contributed by atoms with E-state index in [1.807, 2.05) is 37.1 Å². The van der Waals surface area contributed by atoms with E-state index < -0.39 is 0 Å². The molecule has 0 unspecified atom stereocenters. The average molecular weight is 433 g/mol. The Balaban J connectivity index is 1.89. The van der Waals surface area contributed by atoms with Crippen LogP contribution in [0, 0.1) is 0 Å². The quantitative estimate of drug-likeness (QED) is 0.357. The molecule has 0 aromatic heterocycles. The van der Waals surface area contributed by atoms with Gasteiger partial charge in [0.25, 0.3) is 5.91 Å². The zero-order chi connectivity index (χ0) is 19.6. The Morgan fingerprint density at radius 3 is 2.52 bits per heavy atom. The number of halogens is 1. The molecule has 0 saturated heterocycles. The van der Waals surface area contributed by atoms with Crippen LogP contribution in [0.5, 0.6) is 5.75 Å². The van der Waals surface area contributed by atoms with Crippen LogP contribution in [0.25, 0.3) is 0 Å². The average Bonchev–Trinajstić information content (AvgIpc) is 2.66. The predicted octanol–water partition coefficient (Wildman–Crippen LogP) is 2.98. The maximum Gasteiger partial charge on any atom is 0.251 e. The Kier molecular flexibility index (Phi) is 8.13. The molecule has 3 N–H and O–H groups in total. The van der Waals surface area contributed by atoms with Crippen molar-refractivity contribution in [2.24, 2.45) is 4.99 Å². The van der Waals surface area contributed by atoms with Crippen molar-refractivity contribution in [1.29, 1.82) is 0 Å². The number of carbonyl (C=O) groups excluding carboxylic acids is 1. The first-order valence-corrected chi connectivity index (χ1v) is 9.60. The highest BCUT2D eigenvalue weighted by Crippen LogP contribution is 2.17. The number of hydrogen-bond acceptors (Lipinski definition) is 3. The number of benzene rings is 2. The monoisotopic (exact) mass is 432 g/mol. The molecular formula is C20H25BrN4O2. The molecule has 0 bridgehead atoms. The topological polar surface area (TPSA) is 77.0 Å². The van der Waals surface area contributed by atoms with E-state index >= 15 is 0 Å². The van der Waals surface area contributed by atoms with Crippen LogP contribution in [0.3, 0.4) is 0 Å². The molecule has 0 spiro atoms. The van der Waals surface area contributed by atoms with Gasteiger partial charge in [-0.1, -0.05) is 34.1 Å². The first kappa shape index (κ1) is 20.8. The van der Waals surface area contributed by atoms with Crippen LogP contribution in [0.2, 0.25) is 0 Å². The van der Waals surface area contributed by atoms with Crippen molar-refractivity contribution in [3.63, 3.8) is 0 Å². The van der Waals surface area contributed by atoms with E-state index in [2.05, 4.69) is 37.6 Å². The maximum absolute atomic E-state index is 12.1. The molecule has 27 heavy (non-hydrogen) atoms. The molecule has 7 heteroatoms. The van der Waals surface area contributed by atoms with Crippen LogP contribution >= 0.6 is 15.9 Å². The van der Waals surface area contributed by atoms with Gasteiger partial charge in [0, 0.05) is 36.7 Å². The third-order valence-corrected chi connectivity index (χ3v) is 4.62. The highest BCUT2D eigenvalue weighted by Gasteiger charge is 2.09. The number of aliphatic imine (C=N–C) groups is 1. The van der Waals surface area contributed by atoms with Gasteiger partial charge in [0.1, 0.15) is 5.75 Å². The van der Waals surface area contributed by atoms with E-state index in [4.69, 9.17) is 0 Å².